The fraction of sp³-hybridized carbons (Fsp3) is 0.333. The van der Waals surface area contributed by atoms with E-state index < -0.39 is 11.6 Å². The van der Waals surface area contributed by atoms with Gasteiger partial charge < -0.3 is 14.9 Å². The Morgan fingerprint density at radius 2 is 2.06 bits per heavy atom. The van der Waals surface area contributed by atoms with Crippen LogP contribution in [-0.4, -0.2) is 37.3 Å². The number of pyridine rings is 1. The number of benzene rings is 1. The number of hydrogen-bond acceptors (Lipinski definition) is 6. The molecule has 0 saturated heterocycles. The Balaban J connectivity index is 1.29. The number of halogens is 2. The van der Waals surface area contributed by atoms with E-state index in [4.69, 9.17) is 10.5 Å². The molecule has 0 radical (unpaired) electrons. The van der Waals surface area contributed by atoms with E-state index in [-0.39, 0.29) is 35.6 Å². The monoisotopic (exact) mass is 466 g/mol. The largest absolute Gasteiger partial charge is 0.494 e. The van der Waals surface area contributed by atoms with Crippen molar-refractivity contribution in [2.75, 3.05) is 7.11 Å². The van der Waals surface area contributed by atoms with E-state index in [2.05, 4.69) is 27.6 Å². The van der Waals surface area contributed by atoms with Gasteiger partial charge in [0.1, 0.15) is 17.2 Å². The van der Waals surface area contributed by atoms with Gasteiger partial charge in [0.15, 0.2) is 17.3 Å². The third-order valence-corrected chi connectivity index (χ3v) is 6.09. The molecule has 8 nitrogen and oxygen atoms in total. The summed E-state index contributed by atoms with van der Waals surface area (Å²) in [4.78, 5) is 17.2. The van der Waals surface area contributed by atoms with Crippen molar-refractivity contribution < 1.29 is 18.3 Å². The summed E-state index contributed by atoms with van der Waals surface area (Å²) in [5.41, 5.74) is 9.70. The lowest BCUT2D eigenvalue weighted by molar-refractivity contribution is 0.0977. The van der Waals surface area contributed by atoms with Gasteiger partial charge in [-0.15, -0.1) is 5.10 Å². The van der Waals surface area contributed by atoms with Crippen molar-refractivity contribution in [1.29, 1.82) is 0 Å². The average Bonchev–Trinajstić information content (AvgIpc) is 3.44. The fourth-order valence-corrected chi connectivity index (χ4v) is 4.11. The molecule has 34 heavy (non-hydrogen) atoms. The van der Waals surface area contributed by atoms with Crippen LogP contribution in [0.5, 0.6) is 5.75 Å². The van der Waals surface area contributed by atoms with Crippen LogP contribution in [0, 0.1) is 11.6 Å². The van der Waals surface area contributed by atoms with Gasteiger partial charge in [-0.2, -0.15) is 0 Å². The molecule has 176 valence electrons. The zero-order chi connectivity index (χ0) is 23.8. The van der Waals surface area contributed by atoms with E-state index in [1.54, 1.807) is 0 Å². The summed E-state index contributed by atoms with van der Waals surface area (Å²) in [5.74, 6) is -1.34. The van der Waals surface area contributed by atoms with Crippen LogP contribution < -0.4 is 10.5 Å². The number of ketones is 1. The predicted octanol–water partition coefficient (Wildman–Crippen LogP) is 3.41. The third-order valence-electron chi connectivity index (χ3n) is 6.09. The van der Waals surface area contributed by atoms with E-state index in [0.29, 0.717) is 19.0 Å². The Morgan fingerprint density at radius 1 is 1.24 bits per heavy atom. The van der Waals surface area contributed by atoms with E-state index >= 15 is 0 Å². The zero-order valence-corrected chi connectivity index (χ0v) is 18.7. The highest BCUT2D eigenvalue weighted by atomic mass is 19.1. The Bertz CT molecular complexity index is 1380. The van der Waals surface area contributed by atoms with Gasteiger partial charge in [0.05, 0.1) is 25.5 Å². The second kappa shape index (κ2) is 8.94. The minimum absolute atomic E-state index is 0.0655. The van der Waals surface area contributed by atoms with Crippen LogP contribution in [0.2, 0.25) is 0 Å². The SMILES string of the molecule is COc1ccc(F)c(CCC(=O)c2cn(Cc3cn4cc(C5CC5)cc(CN)c4n3)nn2)c1F. The van der Waals surface area contributed by atoms with Crippen LogP contribution in [0.4, 0.5) is 8.78 Å². The van der Waals surface area contributed by atoms with Crippen LogP contribution in [0.1, 0.15) is 58.1 Å². The van der Waals surface area contributed by atoms with Gasteiger partial charge in [0, 0.05) is 36.5 Å². The Morgan fingerprint density at radius 3 is 2.79 bits per heavy atom. The highest BCUT2D eigenvalue weighted by Gasteiger charge is 2.25. The first kappa shape index (κ1) is 22.1. The standard InChI is InChI=1S/C24H24F2N6O2/c1-34-22-7-5-19(25)18(23(22)26)4-6-21(33)20-13-32(30-29-20)12-17-11-31-10-16(14-2-3-14)8-15(9-27)24(31)28-17/h5,7-8,10-11,13-14H,2-4,6,9,12,27H2,1H3. The number of imidazole rings is 1. The number of aromatic nitrogens is 5. The Kier molecular flexibility index (Phi) is 5.82. The normalized spacial score (nSPS) is 13.5. The molecule has 3 aromatic heterocycles. The lowest BCUT2D eigenvalue weighted by Crippen LogP contribution is -2.05. The molecule has 3 heterocycles. The summed E-state index contributed by atoms with van der Waals surface area (Å²) < 4.78 is 36.7. The smallest absolute Gasteiger partial charge is 0.185 e. The van der Waals surface area contributed by atoms with E-state index in [1.165, 1.54) is 42.5 Å². The molecule has 1 aliphatic carbocycles. The molecule has 0 aliphatic heterocycles. The highest BCUT2D eigenvalue weighted by Crippen LogP contribution is 2.40. The van der Waals surface area contributed by atoms with Gasteiger partial charge >= 0.3 is 0 Å². The summed E-state index contributed by atoms with van der Waals surface area (Å²) >= 11 is 0. The van der Waals surface area contributed by atoms with Crippen LogP contribution in [0.25, 0.3) is 5.65 Å². The van der Waals surface area contributed by atoms with Crippen LogP contribution in [-0.2, 0) is 19.5 Å². The molecule has 4 aromatic rings. The maximum Gasteiger partial charge on any atom is 0.185 e. The lowest BCUT2D eigenvalue weighted by Gasteiger charge is -2.08. The molecule has 1 aromatic carbocycles. The van der Waals surface area contributed by atoms with Crippen LogP contribution in [0.15, 0.2) is 36.8 Å². The number of nitrogens with zero attached hydrogens (tertiary/aromatic N) is 5. The molecule has 2 N–H and O–H groups in total. The maximum absolute atomic E-state index is 14.3. The van der Waals surface area contributed by atoms with Gasteiger partial charge in [0.25, 0.3) is 0 Å². The number of nitrogens with two attached hydrogens (primary N) is 1. The van der Waals surface area contributed by atoms with Crippen molar-refractivity contribution >= 4 is 11.4 Å². The maximum atomic E-state index is 14.3. The minimum atomic E-state index is -0.799. The molecule has 1 aliphatic rings. The van der Waals surface area contributed by atoms with Gasteiger partial charge in [-0.05, 0) is 48.9 Å². The summed E-state index contributed by atoms with van der Waals surface area (Å²) in [6.07, 6.45) is 7.71. The molecule has 0 unspecified atom stereocenters. The molecule has 1 saturated carbocycles. The molecule has 0 bridgehead atoms. The van der Waals surface area contributed by atoms with Crippen molar-refractivity contribution in [3.05, 3.63) is 76.5 Å². The van der Waals surface area contributed by atoms with Crippen molar-refractivity contribution in [3.8, 4) is 5.75 Å². The predicted molar refractivity (Wildman–Crippen MR) is 120 cm³/mol. The summed E-state index contributed by atoms with van der Waals surface area (Å²) in [6, 6.07) is 4.46. The van der Waals surface area contributed by atoms with Crippen molar-refractivity contribution in [2.45, 2.75) is 44.7 Å². The molecule has 0 amide bonds. The van der Waals surface area contributed by atoms with Crippen LogP contribution in [0.3, 0.4) is 0 Å². The van der Waals surface area contributed by atoms with Gasteiger partial charge in [-0.25, -0.2) is 18.4 Å². The first-order chi connectivity index (χ1) is 16.5. The first-order valence-electron chi connectivity index (χ1n) is 11.1. The highest BCUT2D eigenvalue weighted by molar-refractivity contribution is 5.93. The topological polar surface area (TPSA) is 100 Å². The quantitative estimate of drug-likeness (QED) is 0.380. The molecule has 5 rings (SSSR count). The zero-order valence-electron chi connectivity index (χ0n) is 18.7. The number of methoxy groups -OCH3 is 1. The fourth-order valence-electron chi connectivity index (χ4n) is 4.11. The molecule has 0 spiro atoms. The summed E-state index contributed by atoms with van der Waals surface area (Å²) in [5, 5.41) is 7.96. The number of Topliss-reactive ketones (excluding diaryl/α,β-unsaturated/α-hetero) is 1. The number of carbonyl (C=O) groups excluding carboxylic acids is 1. The van der Waals surface area contributed by atoms with E-state index in [0.717, 1.165) is 23.0 Å². The molecule has 0 atom stereocenters. The van der Waals surface area contributed by atoms with Crippen LogP contribution >= 0.6 is 0 Å². The van der Waals surface area contributed by atoms with Crippen molar-refractivity contribution in [1.82, 2.24) is 24.4 Å². The Labute approximate surface area is 194 Å². The average molecular weight is 466 g/mol. The number of ether oxygens (including phenoxy) is 1. The lowest BCUT2D eigenvalue weighted by atomic mass is 10.0. The first-order valence-corrected chi connectivity index (χ1v) is 11.1. The van der Waals surface area contributed by atoms with E-state index in [1.807, 2.05) is 10.6 Å². The summed E-state index contributed by atoms with van der Waals surface area (Å²) in [6.45, 7) is 0.723. The molecule has 1 fully saturated rings. The van der Waals surface area contributed by atoms with E-state index in [9.17, 15) is 13.6 Å². The third kappa shape index (κ3) is 4.28. The number of fused-ring (bicyclic) bond motifs is 1. The number of rotatable bonds is 9. The van der Waals surface area contributed by atoms with Gasteiger partial charge in [-0.3, -0.25) is 4.79 Å². The van der Waals surface area contributed by atoms with Gasteiger partial charge in [-0.1, -0.05) is 5.21 Å². The minimum Gasteiger partial charge on any atom is -0.494 e. The molecule has 10 heteroatoms. The Hall–Kier alpha value is -3.66. The summed E-state index contributed by atoms with van der Waals surface area (Å²) in [7, 11) is 1.30. The second-order valence-electron chi connectivity index (χ2n) is 8.51. The second-order valence-corrected chi connectivity index (χ2v) is 8.51. The molecular formula is C24H24F2N6O2. The van der Waals surface area contributed by atoms with Gasteiger partial charge in [0.2, 0.25) is 0 Å². The van der Waals surface area contributed by atoms with Crippen molar-refractivity contribution in [3.63, 3.8) is 0 Å². The molecular weight excluding hydrogens is 442 g/mol. The number of carbonyl (C=O) groups is 1. The van der Waals surface area contributed by atoms with Crippen molar-refractivity contribution in [2.24, 2.45) is 5.73 Å². The number of hydrogen-bond donors (Lipinski definition) is 1.